The molecule has 0 aromatic heterocycles. The van der Waals surface area contributed by atoms with Gasteiger partial charge in [-0.05, 0) is 42.0 Å². The van der Waals surface area contributed by atoms with Gasteiger partial charge in [-0.15, -0.1) is 0 Å². The van der Waals surface area contributed by atoms with Crippen LogP contribution in [0.1, 0.15) is 71.1 Å². The first kappa shape index (κ1) is 18.4. The van der Waals surface area contributed by atoms with Gasteiger partial charge < -0.3 is 9.80 Å². The Morgan fingerprint density at radius 3 is 2.45 bits per heavy atom. The second-order valence-corrected chi connectivity index (χ2v) is 8.70. The number of nitrogens with zero attached hydrogens (tertiary/aromatic N) is 2. The molecule has 0 saturated heterocycles. The number of likely N-dealkylation sites (N-methyl/N-ethyl adjacent to an activating group) is 1. The van der Waals surface area contributed by atoms with Crippen molar-refractivity contribution in [2.75, 3.05) is 13.6 Å². The average Bonchev–Trinajstić information content (AvgIpc) is 2.79. The van der Waals surface area contributed by atoms with Crippen LogP contribution in [0, 0.1) is 0 Å². The Balaban J connectivity index is 1.61. The van der Waals surface area contributed by atoms with Crippen LogP contribution in [0.3, 0.4) is 0 Å². The zero-order valence-corrected chi connectivity index (χ0v) is 17.0. The molecule has 2 amide bonds. The summed E-state index contributed by atoms with van der Waals surface area (Å²) in [6, 6.07) is 16.2. The Morgan fingerprint density at radius 2 is 1.66 bits per heavy atom. The van der Waals surface area contributed by atoms with Crippen LogP contribution in [0.15, 0.2) is 48.5 Å². The lowest BCUT2D eigenvalue weighted by Crippen LogP contribution is -2.51. The number of rotatable bonds is 2. The maximum atomic E-state index is 13.9. The molecule has 0 spiro atoms. The maximum Gasteiger partial charge on any atom is 0.254 e. The fourth-order valence-electron chi connectivity index (χ4n) is 5.61. The first-order chi connectivity index (χ1) is 14.2. The fraction of sp³-hybridized carbons (Fsp3) is 0.440. The molecular formula is C25H28N2O2. The molecule has 4 nitrogen and oxygen atoms in total. The summed E-state index contributed by atoms with van der Waals surface area (Å²) in [6.45, 7) is 0.672. The van der Waals surface area contributed by atoms with E-state index >= 15 is 0 Å². The van der Waals surface area contributed by atoms with Crippen molar-refractivity contribution in [2.45, 2.75) is 56.5 Å². The van der Waals surface area contributed by atoms with Crippen LogP contribution in [0.2, 0.25) is 0 Å². The van der Waals surface area contributed by atoms with E-state index in [0.29, 0.717) is 18.2 Å². The molecule has 0 radical (unpaired) electrons. The molecule has 2 aromatic rings. The molecule has 1 aliphatic carbocycles. The van der Waals surface area contributed by atoms with Crippen LogP contribution >= 0.6 is 0 Å². The van der Waals surface area contributed by atoms with Crippen LogP contribution < -0.4 is 0 Å². The van der Waals surface area contributed by atoms with E-state index in [-0.39, 0.29) is 23.8 Å². The minimum Gasteiger partial charge on any atom is -0.342 e. The Kier molecular flexibility index (Phi) is 4.65. The van der Waals surface area contributed by atoms with Gasteiger partial charge >= 0.3 is 0 Å². The minimum absolute atomic E-state index is 0.0597. The number of amides is 2. The van der Waals surface area contributed by atoms with E-state index in [4.69, 9.17) is 0 Å². The number of hydrogen-bond acceptors (Lipinski definition) is 2. The number of fused-ring (bicyclic) bond motifs is 4. The number of carbonyl (C=O) groups is 2. The lowest BCUT2D eigenvalue weighted by atomic mass is 9.75. The molecule has 0 bridgehead atoms. The molecule has 3 aliphatic rings. The van der Waals surface area contributed by atoms with Crippen molar-refractivity contribution in [1.82, 2.24) is 9.80 Å². The van der Waals surface area contributed by atoms with Gasteiger partial charge in [-0.3, -0.25) is 9.59 Å². The van der Waals surface area contributed by atoms with Gasteiger partial charge in [-0.2, -0.15) is 0 Å². The third-order valence-electron chi connectivity index (χ3n) is 7.17. The van der Waals surface area contributed by atoms with Crippen molar-refractivity contribution >= 4 is 11.8 Å². The third kappa shape index (κ3) is 2.97. The summed E-state index contributed by atoms with van der Waals surface area (Å²) < 4.78 is 0. The molecule has 2 atom stereocenters. The van der Waals surface area contributed by atoms with Crippen molar-refractivity contribution in [3.05, 3.63) is 70.8 Å². The Labute approximate surface area is 172 Å². The second-order valence-electron chi connectivity index (χ2n) is 8.70. The molecule has 0 unspecified atom stereocenters. The van der Waals surface area contributed by atoms with Gasteiger partial charge in [0.25, 0.3) is 5.91 Å². The van der Waals surface area contributed by atoms with Crippen molar-refractivity contribution in [2.24, 2.45) is 0 Å². The summed E-state index contributed by atoms with van der Waals surface area (Å²) in [7, 11) is 1.97. The predicted molar refractivity (Wildman–Crippen MR) is 113 cm³/mol. The number of carbonyl (C=O) groups excluding carboxylic acids is 2. The van der Waals surface area contributed by atoms with E-state index < -0.39 is 0 Å². The third-order valence-corrected chi connectivity index (χ3v) is 7.17. The van der Waals surface area contributed by atoms with E-state index in [9.17, 15) is 9.59 Å². The lowest BCUT2D eigenvalue weighted by Gasteiger charge is -2.46. The lowest BCUT2D eigenvalue weighted by molar-refractivity contribution is -0.136. The Hall–Kier alpha value is -2.62. The standard InChI is InChI=1S/C25H28N2O2/c1-26(18-10-3-2-4-11-18)25(29)22-20-13-7-8-14-21(20)24(28)27-16-15-17-9-5-6-12-19(17)23(22)27/h5-9,12-14,18,22-23H,2-4,10-11,15-16H2,1H3/t22-,23+/m1/s1. The Morgan fingerprint density at radius 1 is 0.966 bits per heavy atom. The molecular weight excluding hydrogens is 360 g/mol. The SMILES string of the molecule is CN(C(=O)[C@@H]1c2ccccc2C(=O)N2CCc3ccccc3[C@@H]12)C1CCCCC1. The molecule has 2 aliphatic heterocycles. The molecule has 2 heterocycles. The molecule has 1 fully saturated rings. The van der Waals surface area contributed by atoms with Crippen LogP contribution in [0.5, 0.6) is 0 Å². The van der Waals surface area contributed by atoms with Crippen LogP contribution in [0.25, 0.3) is 0 Å². The van der Waals surface area contributed by atoms with E-state index in [0.717, 1.165) is 30.4 Å². The highest BCUT2D eigenvalue weighted by atomic mass is 16.2. The van der Waals surface area contributed by atoms with Crippen LogP contribution in [-0.2, 0) is 11.2 Å². The zero-order valence-electron chi connectivity index (χ0n) is 17.0. The summed E-state index contributed by atoms with van der Waals surface area (Å²) in [4.78, 5) is 31.2. The van der Waals surface area contributed by atoms with Gasteiger partial charge in [0.1, 0.15) is 0 Å². The summed E-state index contributed by atoms with van der Waals surface area (Å²) >= 11 is 0. The molecule has 0 N–H and O–H groups in total. The van der Waals surface area contributed by atoms with Gasteiger partial charge in [-0.25, -0.2) is 0 Å². The van der Waals surface area contributed by atoms with Crippen molar-refractivity contribution in [3.63, 3.8) is 0 Å². The summed E-state index contributed by atoms with van der Waals surface area (Å²) in [5, 5.41) is 0. The molecule has 4 heteroatoms. The van der Waals surface area contributed by atoms with E-state index in [1.807, 2.05) is 47.2 Å². The van der Waals surface area contributed by atoms with Crippen molar-refractivity contribution in [1.29, 1.82) is 0 Å². The summed E-state index contributed by atoms with van der Waals surface area (Å²) in [6.07, 6.45) is 6.67. The van der Waals surface area contributed by atoms with Crippen LogP contribution in [-0.4, -0.2) is 41.2 Å². The maximum absolute atomic E-state index is 13.9. The van der Waals surface area contributed by atoms with Gasteiger partial charge in [0.15, 0.2) is 0 Å². The minimum atomic E-state index is -0.336. The number of hydrogen-bond donors (Lipinski definition) is 0. The van der Waals surface area contributed by atoms with Gasteiger partial charge in [0.2, 0.25) is 5.91 Å². The normalized spacial score (nSPS) is 23.8. The molecule has 1 saturated carbocycles. The molecule has 5 rings (SSSR count). The largest absolute Gasteiger partial charge is 0.342 e. The topological polar surface area (TPSA) is 40.6 Å². The highest BCUT2D eigenvalue weighted by Crippen LogP contribution is 2.46. The van der Waals surface area contributed by atoms with Gasteiger partial charge in [-0.1, -0.05) is 61.7 Å². The van der Waals surface area contributed by atoms with Gasteiger partial charge in [0.05, 0.1) is 12.0 Å². The highest BCUT2D eigenvalue weighted by molar-refractivity contribution is 6.01. The second kappa shape index (κ2) is 7.33. The first-order valence-corrected chi connectivity index (χ1v) is 10.9. The first-order valence-electron chi connectivity index (χ1n) is 10.9. The Bertz CT molecular complexity index is 947. The average molecular weight is 389 g/mol. The summed E-state index contributed by atoms with van der Waals surface area (Å²) in [5.74, 6) is -0.120. The molecule has 2 aromatic carbocycles. The van der Waals surface area contributed by atoms with Gasteiger partial charge in [0, 0.05) is 25.2 Å². The molecule has 29 heavy (non-hydrogen) atoms. The van der Waals surface area contributed by atoms with Crippen molar-refractivity contribution < 1.29 is 9.59 Å². The van der Waals surface area contributed by atoms with E-state index in [1.54, 1.807) is 0 Å². The fourth-order valence-corrected chi connectivity index (χ4v) is 5.61. The monoisotopic (exact) mass is 388 g/mol. The smallest absolute Gasteiger partial charge is 0.254 e. The van der Waals surface area contributed by atoms with Crippen LogP contribution in [0.4, 0.5) is 0 Å². The predicted octanol–water partition coefficient (Wildman–Crippen LogP) is 4.31. The summed E-state index contributed by atoms with van der Waals surface area (Å²) in [5.41, 5.74) is 3.98. The van der Waals surface area contributed by atoms with E-state index in [2.05, 4.69) is 18.2 Å². The van der Waals surface area contributed by atoms with E-state index in [1.165, 1.54) is 24.8 Å². The quantitative estimate of drug-likeness (QED) is 0.769. The van der Waals surface area contributed by atoms with Crippen molar-refractivity contribution in [3.8, 4) is 0 Å². The highest BCUT2D eigenvalue weighted by Gasteiger charge is 2.47. The number of benzene rings is 2. The molecule has 150 valence electrons. The zero-order chi connectivity index (χ0) is 20.0.